The third-order valence-corrected chi connectivity index (χ3v) is 9.17. The van der Waals surface area contributed by atoms with Crippen molar-refractivity contribution in [2.24, 2.45) is 20.7 Å². The van der Waals surface area contributed by atoms with Crippen LogP contribution in [0.4, 0.5) is 22.7 Å². The van der Waals surface area contributed by atoms with Crippen molar-refractivity contribution in [1.29, 1.82) is 0 Å². The summed E-state index contributed by atoms with van der Waals surface area (Å²) in [5, 5.41) is 48.0. The SMILES string of the molecule is O=S(=O)(O)c1cc(NC2(Nc3ccccc3)C=C(O)NN=N2)ccc1C=Cc1ccc(NC2(Nc3ccccc3)C=C(O)NN=N2)cc1S(=O)(=O)O. The van der Waals surface area contributed by atoms with Gasteiger partial charge in [0, 0.05) is 34.9 Å². The van der Waals surface area contributed by atoms with Gasteiger partial charge in [-0.25, -0.2) is 10.9 Å². The first-order valence-corrected chi connectivity index (χ1v) is 17.9. The molecule has 0 radical (unpaired) electrons. The van der Waals surface area contributed by atoms with E-state index in [2.05, 4.69) is 52.8 Å². The summed E-state index contributed by atoms with van der Waals surface area (Å²) < 4.78 is 70.6. The molecule has 2 aliphatic rings. The molecule has 20 heteroatoms. The monoisotopic (exact) mass is 746 g/mol. The van der Waals surface area contributed by atoms with Gasteiger partial charge in [-0.3, -0.25) is 9.11 Å². The first-order valence-electron chi connectivity index (χ1n) is 15.0. The Labute approximate surface area is 296 Å². The van der Waals surface area contributed by atoms with Gasteiger partial charge in [0.25, 0.3) is 31.8 Å². The lowest BCUT2D eigenvalue weighted by atomic mass is 10.1. The maximum Gasteiger partial charge on any atom is 0.295 e. The Hall–Kier alpha value is -6.48. The first-order chi connectivity index (χ1) is 24.7. The lowest BCUT2D eigenvalue weighted by molar-refractivity contribution is 0.336. The van der Waals surface area contributed by atoms with Crippen molar-refractivity contribution in [3.05, 3.63) is 132 Å². The fourth-order valence-corrected chi connectivity index (χ4v) is 6.60. The summed E-state index contributed by atoms with van der Waals surface area (Å²) in [6, 6.07) is 25.4. The van der Waals surface area contributed by atoms with Crippen LogP contribution in [0.2, 0.25) is 0 Å². The van der Waals surface area contributed by atoms with Crippen LogP contribution in [0.25, 0.3) is 12.2 Å². The van der Waals surface area contributed by atoms with Crippen LogP contribution >= 0.6 is 0 Å². The van der Waals surface area contributed by atoms with Gasteiger partial charge in [-0.15, -0.1) is 10.2 Å². The zero-order valence-electron chi connectivity index (χ0n) is 26.6. The van der Waals surface area contributed by atoms with Gasteiger partial charge < -0.3 is 31.5 Å². The van der Waals surface area contributed by atoms with Gasteiger partial charge in [0.15, 0.2) is 0 Å². The van der Waals surface area contributed by atoms with E-state index in [4.69, 9.17) is 0 Å². The minimum absolute atomic E-state index is 0.0475. The second-order valence-corrected chi connectivity index (χ2v) is 14.0. The van der Waals surface area contributed by atoms with E-state index in [-0.39, 0.29) is 34.3 Å². The lowest BCUT2D eigenvalue weighted by Gasteiger charge is -2.31. The van der Waals surface area contributed by atoms with E-state index in [0.29, 0.717) is 11.4 Å². The van der Waals surface area contributed by atoms with Crippen LogP contribution in [-0.4, -0.2) is 47.7 Å². The molecule has 0 saturated heterocycles. The number of hydrogen-bond donors (Lipinski definition) is 10. The number of anilines is 4. The maximum absolute atomic E-state index is 12.6. The molecule has 2 unspecified atom stereocenters. The average Bonchev–Trinajstić information content (AvgIpc) is 3.08. The Morgan fingerprint density at radius 1 is 0.538 bits per heavy atom. The van der Waals surface area contributed by atoms with Gasteiger partial charge in [-0.05, 0) is 59.7 Å². The minimum atomic E-state index is -4.87. The number of hydrogen-bond acceptors (Lipinski definition) is 16. The molecule has 0 aromatic heterocycles. The molecular formula is C32H30N10O8S2. The quantitative estimate of drug-likeness (QED) is 0.0491. The summed E-state index contributed by atoms with van der Waals surface area (Å²) in [6.45, 7) is 0. The van der Waals surface area contributed by atoms with Crippen LogP contribution in [0.15, 0.2) is 151 Å². The zero-order valence-corrected chi connectivity index (χ0v) is 28.2. The molecule has 0 saturated carbocycles. The van der Waals surface area contributed by atoms with Crippen LogP contribution in [0.1, 0.15) is 11.1 Å². The minimum Gasteiger partial charge on any atom is -0.494 e. The number of nitrogens with one attached hydrogen (secondary N) is 6. The third kappa shape index (κ3) is 8.45. The van der Waals surface area contributed by atoms with E-state index < -0.39 is 41.6 Å². The number of benzene rings is 4. The Kier molecular flexibility index (Phi) is 9.54. The fraction of sp³-hybridized carbons (Fsp3) is 0.0625. The Bertz CT molecular complexity index is 2190. The summed E-state index contributed by atoms with van der Waals surface area (Å²) in [5.74, 6) is -3.89. The van der Waals surface area contributed by atoms with Crippen LogP contribution in [-0.2, 0) is 20.2 Å². The largest absolute Gasteiger partial charge is 0.494 e. The van der Waals surface area contributed by atoms with Crippen LogP contribution < -0.4 is 32.1 Å². The third-order valence-electron chi connectivity index (χ3n) is 7.35. The highest BCUT2D eigenvalue weighted by atomic mass is 32.2. The molecule has 0 amide bonds. The predicted octanol–water partition coefficient (Wildman–Crippen LogP) is 5.45. The molecule has 2 aliphatic heterocycles. The van der Waals surface area contributed by atoms with Gasteiger partial charge in [0.2, 0.25) is 11.8 Å². The molecule has 10 N–H and O–H groups in total. The smallest absolute Gasteiger partial charge is 0.295 e. The molecule has 18 nitrogen and oxygen atoms in total. The van der Waals surface area contributed by atoms with E-state index in [1.54, 1.807) is 60.7 Å². The topological polar surface area (TPSA) is 271 Å². The summed E-state index contributed by atoms with van der Waals surface area (Å²) in [5.41, 5.74) is 5.89. The van der Waals surface area contributed by atoms with E-state index in [1.165, 1.54) is 48.6 Å². The van der Waals surface area contributed by atoms with Crippen molar-refractivity contribution in [2.45, 2.75) is 21.4 Å². The normalized spacial score (nSPS) is 19.9. The second kappa shape index (κ2) is 14.0. The standard InChI is InChI=1S/C32H30N10O8S2/c43-29-19-31(39-41-37-29,33-23-7-3-1-4-8-23)35-25-15-13-21(27(17-25)51(45,46)47)11-12-22-14-16-26(18-28(22)52(48,49)50)36-32(20-30(44)38-42-40-32)34-24-9-5-2-6-10-24/h1-20,33-36,43-44H,(H,37,39)(H,38,40)(H,45,46,47)(H,48,49,50). The molecule has 268 valence electrons. The van der Waals surface area contributed by atoms with E-state index >= 15 is 0 Å². The van der Waals surface area contributed by atoms with Crippen LogP contribution in [0, 0.1) is 0 Å². The van der Waals surface area contributed by atoms with Crippen molar-refractivity contribution in [3.63, 3.8) is 0 Å². The Morgan fingerprint density at radius 3 is 1.25 bits per heavy atom. The molecule has 0 bridgehead atoms. The van der Waals surface area contributed by atoms with Gasteiger partial charge in [0.05, 0.1) is 0 Å². The average molecular weight is 747 g/mol. The molecule has 0 fully saturated rings. The molecule has 0 aliphatic carbocycles. The first kappa shape index (κ1) is 35.3. The number of para-hydroxylation sites is 2. The highest BCUT2D eigenvalue weighted by molar-refractivity contribution is 7.86. The van der Waals surface area contributed by atoms with Gasteiger partial charge in [-0.1, -0.05) is 71.1 Å². The predicted molar refractivity (Wildman–Crippen MR) is 192 cm³/mol. The lowest BCUT2D eigenvalue weighted by Crippen LogP contribution is -2.45. The second-order valence-electron chi connectivity index (χ2n) is 11.2. The van der Waals surface area contributed by atoms with Crippen molar-refractivity contribution in [3.8, 4) is 0 Å². The van der Waals surface area contributed by atoms with Crippen molar-refractivity contribution >= 4 is 55.1 Å². The molecule has 2 atom stereocenters. The summed E-state index contributed by atoms with van der Waals surface area (Å²) in [7, 11) is -9.73. The van der Waals surface area contributed by atoms with Gasteiger partial charge in [0.1, 0.15) is 9.79 Å². The number of aliphatic hydroxyl groups is 2. The van der Waals surface area contributed by atoms with E-state index in [9.17, 15) is 36.2 Å². The van der Waals surface area contributed by atoms with E-state index in [1.807, 2.05) is 0 Å². The van der Waals surface area contributed by atoms with Crippen LogP contribution in [0.3, 0.4) is 0 Å². The molecule has 4 aromatic carbocycles. The molecule has 52 heavy (non-hydrogen) atoms. The fourth-order valence-electron chi connectivity index (χ4n) is 5.18. The highest BCUT2D eigenvalue weighted by Gasteiger charge is 2.33. The summed E-state index contributed by atoms with van der Waals surface area (Å²) >= 11 is 0. The maximum atomic E-state index is 12.6. The number of nitrogens with zero attached hydrogens (tertiary/aromatic N) is 4. The highest BCUT2D eigenvalue weighted by Crippen LogP contribution is 2.31. The summed E-state index contributed by atoms with van der Waals surface area (Å²) in [6.07, 6.45) is 4.99. The Balaban J connectivity index is 1.32. The van der Waals surface area contributed by atoms with Gasteiger partial charge >= 0.3 is 0 Å². The summed E-state index contributed by atoms with van der Waals surface area (Å²) in [4.78, 5) is -1.13. The van der Waals surface area contributed by atoms with Crippen molar-refractivity contribution < 1.29 is 36.2 Å². The number of rotatable bonds is 12. The molecule has 4 aromatic rings. The molecular weight excluding hydrogens is 717 g/mol. The van der Waals surface area contributed by atoms with Crippen LogP contribution in [0.5, 0.6) is 0 Å². The molecule has 6 rings (SSSR count). The van der Waals surface area contributed by atoms with Crippen molar-refractivity contribution in [2.75, 3.05) is 21.3 Å². The molecule has 2 heterocycles. The van der Waals surface area contributed by atoms with E-state index in [0.717, 1.165) is 12.1 Å². The molecule has 0 spiro atoms. The zero-order chi connectivity index (χ0) is 37.0. The Morgan fingerprint density at radius 2 is 0.904 bits per heavy atom. The number of aliphatic hydroxyl groups excluding tert-OH is 2. The van der Waals surface area contributed by atoms with Gasteiger partial charge in [-0.2, -0.15) is 16.8 Å². The van der Waals surface area contributed by atoms with Crippen molar-refractivity contribution in [1.82, 2.24) is 10.9 Å².